The van der Waals surface area contributed by atoms with Gasteiger partial charge < -0.3 is 14.8 Å². The van der Waals surface area contributed by atoms with Crippen LogP contribution in [-0.4, -0.2) is 17.6 Å². The Morgan fingerprint density at radius 1 is 1.17 bits per heavy atom. The number of hydrazone groups is 1. The molecule has 0 aromatic heterocycles. The van der Waals surface area contributed by atoms with Gasteiger partial charge in [0.05, 0.1) is 5.71 Å². The minimum Gasteiger partial charge on any atom is -0.454 e. The van der Waals surface area contributed by atoms with Gasteiger partial charge in [-0.3, -0.25) is 5.43 Å². The predicted molar refractivity (Wildman–Crippen MR) is 93.7 cm³/mol. The van der Waals surface area contributed by atoms with Crippen molar-refractivity contribution in [3.8, 4) is 11.5 Å². The van der Waals surface area contributed by atoms with Gasteiger partial charge in [-0.25, -0.2) is 4.39 Å². The molecule has 124 valence electrons. The number of halogens is 1. The molecule has 0 atom stereocenters. The normalized spacial score (nSPS) is 12.8. The number of nitrogens with one attached hydrogen (secondary N) is 2. The molecule has 3 rings (SSSR count). The van der Waals surface area contributed by atoms with Crippen LogP contribution in [0.3, 0.4) is 0 Å². The minimum absolute atomic E-state index is 0.241. The summed E-state index contributed by atoms with van der Waals surface area (Å²) < 4.78 is 23.5. The van der Waals surface area contributed by atoms with Crippen LogP contribution >= 0.6 is 12.2 Å². The van der Waals surface area contributed by atoms with Crippen molar-refractivity contribution < 1.29 is 13.9 Å². The van der Waals surface area contributed by atoms with Gasteiger partial charge in [-0.05, 0) is 55.0 Å². The summed E-state index contributed by atoms with van der Waals surface area (Å²) in [6.45, 7) is 2.60. The number of nitrogens with zero attached hydrogens (tertiary/aromatic N) is 1. The monoisotopic (exact) mass is 345 g/mol. The molecule has 0 unspecified atom stereocenters. The Labute approximate surface area is 144 Å². The van der Waals surface area contributed by atoms with Crippen molar-refractivity contribution in [3.63, 3.8) is 0 Å². The fraction of sp³-hybridized carbons (Fsp3) is 0.176. The molecule has 1 aliphatic rings. The summed E-state index contributed by atoms with van der Waals surface area (Å²) in [6.07, 6.45) is 0. The number of ether oxygens (including phenoxy) is 2. The molecule has 0 saturated carbocycles. The lowest BCUT2D eigenvalue weighted by Gasteiger charge is -2.08. The number of hydrogen-bond donors (Lipinski definition) is 2. The molecule has 0 saturated heterocycles. The first kappa shape index (κ1) is 16.2. The van der Waals surface area contributed by atoms with E-state index in [1.165, 1.54) is 12.1 Å². The van der Waals surface area contributed by atoms with Gasteiger partial charge in [0.1, 0.15) is 5.82 Å². The maximum absolute atomic E-state index is 12.8. The van der Waals surface area contributed by atoms with Gasteiger partial charge in [-0.1, -0.05) is 12.1 Å². The molecule has 1 heterocycles. The first-order valence-electron chi connectivity index (χ1n) is 7.34. The molecule has 0 bridgehead atoms. The third kappa shape index (κ3) is 3.99. The lowest BCUT2D eigenvalue weighted by atomic mass is 10.1. The van der Waals surface area contributed by atoms with E-state index < -0.39 is 0 Å². The fourth-order valence-corrected chi connectivity index (χ4v) is 2.26. The Hall–Kier alpha value is -2.67. The molecule has 0 radical (unpaired) electrons. The summed E-state index contributed by atoms with van der Waals surface area (Å²) in [5, 5.41) is 7.65. The molecule has 7 heteroatoms. The van der Waals surface area contributed by atoms with Crippen molar-refractivity contribution in [2.75, 3.05) is 6.79 Å². The Morgan fingerprint density at radius 2 is 1.92 bits per heavy atom. The number of thiocarbonyl (C=S) groups is 1. The molecular weight excluding hydrogens is 329 g/mol. The molecule has 5 nitrogen and oxygen atoms in total. The smallest absolute Gasteiger partial charge is 0.231 e. The maximum atomic E-state index is 12.8. The van der Waals surface area contributed by atoms with Crippen LogP contribution in [0.1, 0.15) is 18.1 Å². The average molecular weight is 345 g/mol. The number of rotatable bonds is 4. The van der Waals surface area contributed by atoms with E-state index in [2.05, 4.69) is 15.8 Å². The first-order chi connectivity index (χ1) is 11.6. The van der Waals surface area contributed by atoms with Crippen LogP contribution in [0.25, 0.3) is 0 Å². The molecule has 2 aromatic carbocycles. The summed E-state index contributed by atoms with van der Waals surface area (Å²) in [6, 6.07) is 11.9. The van der Waals surface area contributed by atoms with Crippen LogP contribution in [0.2, 0.25) is 0 Å². The van der Waals surface area contributed by atoms with Crippen LogP contribution in [-0.2, 0) is 6.54 Å². The third-order valence-electron chi connectivity index (χ3n) is 3.48. The Bertz CT molecular complexity index is 778. The van der Waals surface area contributed by atoms with Gasteiger partial charge in [0.2, 0.25) is 6.79 Å². The molecule has 0 amide bonds. The van der Waals surface area contributed by atoms with E-state index >= 15 is 0 Å². The second-order valence-corrected chi connectivity index (χ2v) is 5.59. The summed E-state index contributed by atoms with van der Waals surface area (Å²) in [7, 11) is 0. The van der Waals surface area contributed by atoms with Crippen molar-refractivity contribution in [1.29, 1.82) is 0 Å². The zero-order valence-electron chi connectivity index (χ0n) is 13.0. The first-order valence-corrected chi connectivity index (χ1v) is 7.75. The quantitative estimate of drug-likeness (QED) is 0.507. The summed E-state index contributed by atoms with van der Waals surface area (Å²) >= 11 is 5.18. The highest BCUT2D eigenvalue weighted by atomic mass is 32.1. The van der Waals surface area contributed by atoms with Gasteiger partial charge >= 0.3 is 0 Å². The Morgan fingerprint density at radius 3 is 2.71 bits per heavy atom. The fourth-order valence-electron chi connectivity index (χ4n) is 2.14. The molecule has 0 aliphatic carbocycles. The van der Waals surface area contributed by atoms with E-state index in [0.717, 1.165) is 22.6 Å². The zero-order valence-corrected chi connectivity index (χ0v) is 13.8. The molecule has 2 aromatic rings. The molecule has 0 fully saturated rings. The number of benzene rings is 2. The molecule has 24 heavy (non-hydrogen) atoms. The molecule has 0 spiro atoms. The summed E-state index contributed by atoms with van der Waals surface area (Å²) in [4.78, 5) is 0. The van der Waals surface area contributed by atoms with Gasteiger partial charge in [-0.15, -0.1) is 0 Å². The minimum atomic E-state index is -0.261. The Balaban J connectivity index is 1.54. The van der Waals surface area contributed by atoms with Crippen LogP contribution in [0.4, 0.5) is 4.39 Å². The van der Waals surface area contributed by atoms with Crippen molar-refractivity contribution in [3.05, 3.63) is 59.4 Å². The van der Waals surface area contributed by atoms with E-state index in [-0.39, 0.29) is 12.6 Å². The Kier molecular flexibility index (Phi) is 4.90. The summed E-state index contributed by atoms with van der Waals surface area (Å²) in [5.41, 5.74) is 5.39. The molecule has 1 aliphatic heterocycles. The average Bonchev–Trinajstić information content (AvgIpc) is 3.06. The largest absolute Gasteiger partial charge is 0.454 e. The van der Waals surface area contributed by atoms with E-state index in [1.54, 1.807) is 12.1 Å². The second kappa shape index (κ2) is 7.27. The van der Waals surface area contributed by atoms with Gasteiger partial charge in [0.25, 0.3) is 0 Å². The third-order valence-corrected chi connectivity index (χ3v) is 3.72. The SMILES string of the molecule is C/C(=N/NC(=S)NCc1ccc(F)cc1)c1ccc2c(c1)OCO2. The van der Waals surface area contributed by atoms with E-state index in [1.807, 2.05) is 25.1 Å². The van der Waals surface area contributed by atoms with E-state index in [4.69, 9.17) is 21.7 Å². The van der Waals surface area contributed by atoms with Gasteiger partial charge in [0.15, 0.2) is 16.6 Å². The van der Waals surface area contributed by atoms with Crippen LogP contribution in [0.5, 0.6) is 11.5 Å². The lowest BCUT2D eigenvalue weighted by molar-refractivity contribution is 0.174. The van der Waals surface area contributed by atoms with Gasteiger partial charge in [-0.2, -0.15) is 5.10 Å². The standard InChI is InChI=1S/C17H16FN3O2S/c1-11(13-4-7-15-16(8-13)23-10-22-15)20-21-17(24)19-9-12-2-5-14(18)6-3-12/h2-8H,9-10H2,1H3,(H2,19,21,24)/b20-11-. The van der Waals surface area contributed by atoms with E-state index in [0.29, 0.717) is 17.4 Å². The van der Waals surface area contributed by atoms with Crippen LogP contribution in [0, 0.1) is 5.82 Å². The number of fused-ring (bicyclic) bond motifs is 1. The van der Waals surface area contributed by atoms with Crippen molar-refractivity contribution >= 4 is 23.0 Å². The second-order valence-electron chi connectivity index (χ2n) is 5.19. The predicted octanol–water partition coefficient (Wildman–Crippen LogP) is 2.94. The van der Waals surface area contributed by atoms with Crippen LogP contribution < -0.4 is 20.2 Å². The zero-order chi connectivity index (χ0) is 16.9. The van der Waals surface area contributed by atoms with Crippen molar-refractivity contribution in [2.24, 2.45) is 5.10 Å². The highest BCUT2D eigenvalue weighted by Gasteiger charge is 2.14. The van der Waals surface area contributed by atoms with Crippen molar-refractivity contribution in [1.82, 2.24) is 10.7 Å². The lowest BCUT2D eigenvalue weighted by Crippen LogP contribution is -2.32. The summed E-state index contributed by atoms with van der Waals surface area (Å²) in [5.74, 6) is 1.18. The highest BCUT2D eigenvalue weighted by Crippen LogP contribution is 2.32. The maximum Gasteiger partial charge on any atom is 0.231 e. The highest BCUT2D eigenvalue weighted by molar-refractivity contribution is 7.80. The van der Waals surface area contributed by atoms with Crippen LogP contribution in [0.15, 0.2) is 47.6 Å². The molecular formula is C17H16FN3O2S. The van der Waals surface area contributed by atoms with Crippen molar-refractivity contribution in [2.45, 2.75) is 13.5 Å². The van der Waals surface area contributed by atoms with Gasteiger partial charge in [0, 0.05) is 12.1 Å². The van der Waals surface area contributed by atoms with E-state index in [9.17, 15) is 4.39 Å². The topological polar surface area (TPSA) is 54.9 Å². The number of hydrogen-bond acceptors (Lipinski definition) is 4. The molecule has 2 N–H and O–H groups in total.